The predicted molar refractivity (Wildman–Crippen MR) is 102 cm³/mol. The van der Waals surface area contributed by atoms with Crippen molar-refractivity contribution in [1.82, 2.24) is 14.7 Å². The first-order chi connectivity index (χ1) is 12.5. The molecule has 0 atom stereocenters. The van der Waals surface area contributed by atoms with E-state index < -0.39 is 5.56 Å². The monoisotopic (exact) mass is 352 g/mol. The lowest BCUT2D eigenvalue weighted by molar-refractivity contribution is 0.313. The van der Waals surface area contributed by atoms with E-state index in [1.165, 1.54) is 0 Å². The zero-order valence-electron chi connectivity index (χ0n) is 14.9. The summed E-state index contributed by atoms with van der Waals surface area (Å²) in [6.07, 6.45) is 0. The summed E-state index contributed by atoms with van der Waals surface area (Å²) in [6.45, 7) is 5.86. The third-order valence-corrected chi connectivity index (χ3v) is 5.04. The highest BCUT2D eigenvalue weighted by Gasteiger charge is 2.16. The fourth-order valence-electron chi connectivity index (χ4n) is 3.40. The van der Waals surface area contributed by atoms with Crippen LogP contribution in [0.3, 0.4) is 0 Å². The number of halogens is 1. The molecule has 1 fully saturated rings. The molecule has 0 saturated carbocycles. The van der Waals surface area contributed by atoms with Crippen molar-refractivity contribution in [3.63, 3.8) is 0 Å². The van der Waals surface area contributed by atoms with E-state index in [1.807, 2.05) is 37.3 Å². The Hall–Kier alpha value is -2.73. The summed E-state index contributed by atoms with van der Waals surface area (Å²) in [5.41, 5.74) is 2.43. The second kappa shape index (κ2) is 6.53. The molecule has 1 aliphatic heterocycles. The van der Waals surface area contributed by atoms with Crippen LogP contribution in [-0.2, 0) is 0 Å². The number of aryl methyl sites for hydroxylation is 1. The minimum Gasteiger partial charge on any atom is -0.369 e. The number of benzene rings is 2. The molecule has 1 aromatic heterocycles. The van der Waals surface area contributed by atoms with Crippen molar-refractivity contribution in [2.45, 2.75) is 6.92 Å². The van der Waals surface area contributed by atoms with Gasteiger partial charge in [0.2, 0.25) is 0 Å². The molecular weight excluding hydrogens is 331 g/mol. The summed E-state index contributed by atoms with van der Waals surface area (Å²) in [5, 5.41) is 0.297. The van der Waals surface area contributed by atoms with Gasteiger partial charge in [-0.05, 0) is 49.9 Å². The molecule has 0 N–H and O–H groups in total. The molecule has 134 valence electrons. The lowest BCUT2D eigenvalue weighted by atomic mass is 10.1. The van der Waals surface area contributed by atoms with Gasteiger partial charge in [0.05, 0.1) is 10.9 Å². The van der Waals surface area contributed by atoms with Crippen LogP contribution < -0.4 is 10.5 Å². The Labute approximate surface area is 151 Å². The molecule has 0 amide bonds. The van der Waals surface area contributed by atoms with Gasteiger partial charge in [-0.3, -0.25) is 4.79 Å². The molecule has 0 unspecified atom stereocenters. The van der Waals surface area contributed by atoms with Gasteiger partial charge in [0.25, 0.3) is 5.56 Å². The Morgan fingerprint density at radius 3 is 2.38 bits per heavy atom. The summed E-state index contributed by atoms with van der Waals surface area (Å²) < 4.78 is 14.6. The van der Waals surface area contributed by atoms with E-state index in [0.717, 1.165) is 37.4 Å². The summed E-state index contributed by atoms with van der Waals surface area (Å²) >= 11 is 0. The molecule has 1 aliphatic rings. The number of anilines is 1. The van der Waals surface area contributed by atoms with Crippen LogP contribution in [0.5, 0.6) is 0 Å². The second-order valence-electron chi connectivity index (χ2n) is 6.83. The Morgan fingerprint density at radius 1 is 1.00 bits per heavy atom. The summed E-state index contributed by atoms with van der Waals surface area (Å²) in [6, 6.07) is 12.8. The second-order valence-corrected chi connectivity index (χ2v) is 6.83. The number of aromatic nitrogens is 2. The maximum atomic E-state index is 14.6. The molecule has 4 rings (SSSR count). The van der Waals surface area contributed by atoms with E-state index in [0.29, 0.717) is 16.5 Å². The van der Waals surface area contributed by atoms with Crippen LogP contribution in [0, 0.1) is 6.92 Å². The zero-order chi connectivity index (χ0) is 18.3. The van der Waals surface area contributed by atoms with Crippen molar-refractivity contribution in [2.75, 3.05) is 38.1 Å². The highest BCUT2D eigenvalue weighted by molar-refractivity contribution is 5.82. The minimum absolute atomic E-state index is 0.0433. The standard InChI is InChI=1S/C20H21FN4O/c1-14-4-3-5-17-18(14)22-19(25(21)20(17)26)15-6-8-16(9-7-15)24-12-10-23(2)11-13-24/h3-9H,10-13H2,1-2H3. The molecule has 0 aliphatic carbocycles. The van der Waals surface area contributed by atoms with E-state index in [4.69, 9.17) is 0 Å². The topological polar surface area (TPSA) is 41.4 Å². The lowest BCUT2D eigenvalue weighted by Crippen LogP contribution is -2.44. The Bertz CT molecular complexity index is 1000. The van der Waals surface area contributed by atoms with Crippen molar-refractivity contribution in [1.29, 1.82) is 0 Å². The molecule has 5 nitrogen and oxygen atoms in total. The molecule has 2 heterocycles. The van der Waals surface area contributed by atoms with Crippen LogP contribution in [0.4, 0.5) is 10.2 Å². The molecule has 2 aromatic carbocycles. The third kappa shape index (κ3) is 2.86. The van der Waals surface area contributed by atoms with Gasteiger partial charge in [0, 0.05) is 37.4 Å². The van der Waals surface area contributed by atoms with Crippen molar-refractivity contribution in [3.8, 4) is 11.4 Å². The largest absolute Gasteiger partial charge is 0.369 e. The van der Waals surface area contributed by atoms with E-state index in [-0.39, 0.29) is 10.6 Å². The Kier molecular flexibility index (Phi) is 4.20. The SMILES string of the molecule is Cc1cccc2c(=O)n(F)c(-c3ccc(N4CCN(C)CC4)cc3)nc12. The van der Waals surface area contributed by atoms with Crippen LogP contribution in [-0.4, -0.2) is 47.9 Å². The molecule has 0 radical (unpaired) electrons. The predicted octanol–water partition coefficient (Wildman–Crippen LogP) is 2.86. The fraction of sp³-hybridized carbons (Fsp3) is 0.300. The highest BCUT2D eigenvalue weighted by Crippen LogP contribution is 2.24. The van der Waals surface area contributed by atoms with Crippen molar-refractivity contribution in [3.05, 3.63) is 58.4 Å². The normalized spacial score (nSPS) is 15.6. The van der Waals surface area contributed by atoms with E-state index in [1.54, 1.807) is 12.1 Å². The van der Waals surface area contributed by atoms with Crippen molar-refractivity contribution in [2.24, 2.45) is 0 Å². The highest BCUT2D eigenvalue weighted by atomic mass is 19.2. The van der Waals surface area contributed by atoms with Gasteiger partial charge in [-0.25, -0.2) is 4.98 Å². The zero-order valence-corrected chi connectivity index (χ0v) is 14.9. The number of rotatable bonds is 2. The van der Waals surface area contributed by atoms with Gasteiger partial charge in [0.1, 0.15) is 0 Å². The molecule has 0 bridgehead atoms. The summed E-state index contributed by atoms with van der Waals surface area (Å²) in [4.78, 5) is 21.5. The van der Waals surface area contributed by atoms with Gasteiger partial charge >= 0.3 is 0 Å². The first-order valence-electron chi connectivity index (χ1n) is 8.77. The van der Waals surface area contributed by atoms with Crippen LogP contribution in [0.25, 0.3) is 22.3 Å². The van der Waals surface area contributed by atoms with Gasteiger partial charge in [0.15, 0.2) is 5.82 Å². The molecule has 0 spiro atoms. The maximum absolute atomic E-state index is 14.6. The first kappa shape index (κ1) is 16.7. The number of piperazine rings is 1. The number of para-hydroxylation sites is 1. The van der Waals surface area contributed by atoms with Gasteiger partial charge in [-0.1, -0.05) is 16.6 Å². The van der Waals surface area contributed by atoms with E-state index in [2.05, 4.69) is 21.8 Å². The average molecular weight is 352 g/mol. The number of fused-ring (bicyclic) bond motifs is 1. The third-order valence-electron chi connectivity index (χ3n) is 5.04. The van der Waals surface area contributed by atoms with Gasteiger partial charge < -0.3 is 9.80 Å². The lowest BCUT2D eigenvalue weighted by Gasteiger charge is -2.34. The van der Waals surface area contributed by atoms with Crippen LogP contribution in [0.2, 0.25) is 0 Å². The van der Waals surface area contributed by atoms with Crippen molar-refractivity contribution < 1.29 is 4.48 Å². The number of hydrogen-bond donors (Lipinski definition) is 0. The van der Waals surface area contributed by atoms with Crippen molar-refractivity contribution >= 4 is 16.6 Å². The smallest absolute Gasteiger partial charge is 0.290 e. The molecule has 1 saturated heterocycles. The number of likely N-dealkylation sites (N-methyl/N-ethyl adjacent to an activating group) is 1. The van der Waals surface area contributed by atoms with E-state index >= 15 is 0 Å². The molecule has 3 aromatic rings. The quantitative estimate of drug-likeness (QED) is 0.711. The molecule has 6 heteroatoms. The number of hydrogen-bond acceptors (Lipinski definition) is 4. The first-order valence-corrected chi connectivity index (χ1v) is 8.77. The van der Waals surface area contributed by atoms with Gasteiger partial charge in [-0.15, -0.1) is 4.79 Å². The fourth-order valence-corrected chi connectivity index (χ4v) is 3.40. The minimum atomic E-state index is -0.670. The maximum Gasteiger partial charge on any atom is 0.290 e. The van der Waals surface area contributed by atoms with E-state index in [9.17, 15) is 9.28 Å². The molecular formula is C20H21FN4O. The van der Waals surface area contributed by atoms with Crippen LogP contribution in [0.15, 0.2) is 47.3 Å². The summed E-state index contributed by atoms with van der Waals surface area (Å²) in [7, 11) is 2.12. The van der Waals surface area contributed by atoms with Crippen LogP contribution >= 0.6 is 0 Å². The average Bonchev–Trinajstić information content (AvgIpc) is 2.66. The Balaban J connectivity index is 1.73. The van der Waals surface area contributed by atoms with Crippen LogP contribution in [0.1, 0.15) is 5.56 Å². The Morgan fingerprint density at radius 2 is 1.69 bits per heavy atom. The number of nitrogens with zero attached hydrogens (tertiary/aromatic N) is 4. The molecule has 26 heavy (non-hydrogen) atoms. The van der Waals surface area contributed by atoms with Gasteiger partial charge in [-0.2, -0.15) is 0 Å². The summed E-state index contributed by atoms with van der Waals surface area (Å²) in [5.74, 6) is 0.0433.